The van der Waals surface area contributed by atoms with Gasteiger partial charge in [0.2, 0.25) is 11.8 Å². The molecular weight excluding hydrogens is 434 g/mol. The minimum atomic E-state index is 0.266. The average Bonchev–Trinajstić information content (AvgIpc) is 2.84. The molecule has 3 rings (SSSR count). The van der Waals surface area contributed by atoms with E-state index >= 15 is 0 Å². The van der Waals surface area contributed by atoms with Crippen LogP contribution in [0.5, 0.6) is 11.6 Å². The summed E-state index contributed by atoms with van der Waals surface area (Å²) in [5, 5.41) is 4.63. The zero-order valence-electron chi connectivity index (χ0n) is 20.4. The first-order chi connectivity index (χ1) is 16.5. The van der Waals surface area contributed by atoms with Crippen molar-refractivity contribution in [2.75, 3.05) is 39.2 Å². The van der Waals surface area contributed by atoms with Crippen molar-refractivity contribution in [2.24, 2.45) is 11.6 Å². The van der Waals surface area contributed by atoms with E-state index < -0.39 is 0 Å². The van der Waals surface area contributed by atoms with Gasteiger partial charge in [-0.3, -0.25) is 0 Å². The predicted octanol–water partition coefficient (Wildman–Crippen LogP) is 2.85. The molecule has 1 saturated carbocycles. The summed E-state index contributed by atoms with van der Waals surface area (Å²) in [6, 6.07) is 5.52. The van der Waals surface area contributed by atoms with Gasteiger partial charge in [-0.2, -0.15) is 4.98 Å². The Hall–Kier alpha value is -3.11. The highest BCUT2D eigenvalue weighted by atomic mass is 16.5. The number of hydrogen-bond acceptors (Lipinski definition) is 10. The van der Waals surface area contributed by atoms with Gasteiger partial charge in [-0.05, 0) is 44.7 Å². The lowest BCUT2D eigenvalue weighted by Crippen LogP contribution is -2.32. The van der Waals surface area contributed by atoms with Crippen LogP contribution in [0.15, 0.2) is 30.1 Å². The molecule has 1 aliphatic carbocycles. The van der Waals surface area contributed by atoms with Crippen LogP contribution in [0.1, 0.15) is 49.9 Å². The van der Waals surface area contributed by atoms with Crippen molar-refractivity contribution in [3.05, 3.63) is 41.5 Å². The fourth-order valence-corrected chi connectivity index (χ4v) is 3.79. The standard InChI is InChI=1S/C24H37N7O3/c1-17-21(34-18-8-5-4-6-9-18)11-10-19(29-17)23(25)20(31(2)26)16-28-24-27-13-12-22(30-24)33-15-7-14-32-3/h10-13,18H,4-9,14-16,25-26H2,1-3H3,(H,27,28,30)/b23-20-. The Morgan fingerprint density at radius 1 is 1.15 bits per heavy atom. The number of hydrazine groups is 1. The van der Waals surface area contributed by atoms with E-state index in [9.17, 15) is 0 Å². The minimum absolute atomic E-state index is 0.266. The van der Waals surface area contributed by atoms with Crippen molar-refractivity contribution in [1.29, 1.82) is 0 Å². The zero-order chi connectivity index (χ0) is 24.3. The third-order valence-electron chi connectivity index (χ3n) is 5.68. The lowest BCUT2D eigenvalue weighted by atomic mass is 9.98. The molecule has 0 aliphatic heterocycles. The molecular formula is C24H37N7O3. The van der Waals surface area contributed by atoms with Gasteiger partial charge >= 0.3 is 0 Å². The molecule has 0 radical (unpaired) electrons. The molecule has 186 valence electrons. The van der Waals surface area contributed by atoms with E-state index in [1.54, 1.807) is 26.4 Å². The van der Waals surface area contributed by atoms with E-state index in [2.05, 4.69) is 20.3 Å². The number of nitrogens with one attached hydrogen (secondary N) is 1. The number of likely N-dealkylation sites (N-methyl/N-ethyl adjacent to an activating group) is 1. The van der Waals surface area contributed by atoms with Crippen molar-refractivity contribution in [3.63, 3.8) is 0 Å². The normalized spacial score (nSPS) is 14.9. The molecule has 2 heterocycles. The summed E-state index contributed by atoms with van der Waals surface area (Å²) in [5.41, 5.74) is 9.04. The van der Waals surface area contributed by atoms with Crippen molar-refractivity contribution in [2.45, 2.75) is 51.6 Å². The van der Waals surface area contributed by atoms with E-state index in [0.29, 0.717) is 48.7 Å². The summed E-state index contributed by atoms with van der Waals surface area (Å²) in [6.45, 7) is 3.39. The number of nitrogens with two attached hydrogens (primary N) is 2. The van der Waals surface area contributed by atoms with E-state index in [1.165, 1.54) is 24.3 Å². The summed E-state index contributed by atoms with van der Waals surface area (Å²) in [4.78, 5) is 13.3. The van der Waals surface area contributed by atoms with Crippen molar-refractivity contribution >= 4 is 11.6 Å². The number of aromatic nitrogens is 3. The Balaban J connectivity index is 1.67. The fourth-order valence-electron chi connectivity index (χ4n) is 3.79. The van der Waals surface area contributed by atoms with Gasteiger partial charge in [0.15, 0.2) is 0 Å². The highest BCUT2D eigenvalue weighted by Crippen LogP contribution is 2.26. The number of anilines is 1. The van der Waals surface area contributed by atoms with E-state index in [-0.39, 0.29) is 6.10 Å². The molecule has 2 aromatic heterocycles. The molecule has 0 saturated heterocycles. The largest absolute Gasteiger partial charge is 0.489 e. The maximum atomic E-state index is 6.47. The molecule has 0 bridgehead atoms. The number of methoxy groups -OCH3 is 1. The van der Waals surface area contributed by atoms with Crippen LogP contribution >= 0.6 is 0 Å². The Kier molecular flexibility index (Phi) is 9.72. The molecule has 0 unspecified atom stereocenters. The quantitative estimate of drug-likeness (QED) is 0.241. The van der Waals surface area contributed by atoms with Crippen LogP contribution in [-0.4, -0.2) is 60.0 Å². The SMILES string of the molecule is COCCCOc1ccnc(NC/C(=C(/N)c2ccc(OC3CCCCC3)c(C)n2)N(C)N)n1. The molecule has 10 nitrogen and oxygen atoms in total. The van der Waals surface area contributed by atoms with Gasteiger partial charge in [0.1, 0.15) is 5.75 Å². The van der Waals surface area contributed by atoms with Crippen LogP contribution in [-0.2, 0) is 4.74 Å². The molecule has 34 heavy (non-hydrogen) atoms. The van der Waals surface area contributed by atoms with E-state index in [0.717, 1.165) is 30.7 Å². The number of aryl methyl sites for hydroxylation is 1. The number of hydrogen-bond donors (Lipinski definition) is 3. The van der Waals surface area contributed by atoms with Crippen LogP contribution in [0.4, 0.5) is 5.95 Å². The van der Waals surface area contributed by atoms with Gasteiger partial charge in [0.05, 0.1) is 42.0 Å². The van der Waals surface area contributed by atoms with Crippen molar-refractivity contribution in [3.8, 4) is 11.6 Å². The second-order valence-electron chi connectivity index (χ2n) is 8.40. The maximum Gasteiger partial charge on any atom is 0.226 e. The van der Waals surface area contributed by atoms with Crippen LogP contribution in [0.2, 0.25) is 0 Å². The summed E-state index contributed by atoms with van der Waals surface area (Å²) in [7, 11) is 3.39. The Bertz CT molecular complexity index is 946. The van der Waals surface area contributed by atoms with Gasteiger partial charge in [-0.25, -0.2) is 15.8 Å². The van der Waals surface area contributed by atoms with Gasteiger partial charge in [-0.15, -0.1) is 0 Å². The molecule has 1 fully saturated rings. The second-order valence-corrected chi connectivity index (χ2v) is 8.40. The zero-order valence-corrected chi connectivity index (χ0v) is 20.4. The first-order valence-corrected chi connectivity index (χ1v) is 11.8. The Morgan fingerprint density at radius 2 is 1.94 bits per heavy atom. The van der Waals surface area contributed by atoms with Gasteiger partial charge in [0.25, 0.3) is 0 Å². The van der Waals surface area contributed by atoms with Crippen LogP contribution < -0.4 is 26.4 Å². The van der Waals surface area contributed by atoms with Crippen LogP contribution in [0, 0.1) is 6.92 Å². The van der Waals surface area contributed by atoms with Gasteiger partial charge in [0, 0.05) is 39.4 Å². The Labute approximate surface area is 201 Å². The van der Waals surface area contributed by atoms with Crippen LogP contribution in [0.3, 0.4) is 0 Å². The second kappa shape index (κ2) is 13.0. The third-order valence-corrected chi connectivity index (χ3v) is 5.68. The summed E-state index contributed by atoms with van der Waals surface area (Å²) in [6.07, 6.45) is 8.60. The monoisotopic (exact) mass is 471 g/mol. The highest BCUT2D eigenvalue weighted by molar-refractivity contribution is 5.64. The molecule has 5 N–H and O–H groups in total. The molecule has 0 atom stereocenters. The number of ether oxygens (including phenoxy) is 3. The smallest absolute Gasteiger partial charge is 0.226 e. The van der Waals surface area contributed by atoms with Crippen LogP contribution in [0.25, 0.3) is 5.70 Å². The Morgan fingerprint density at radius 3 is 2.65 bits per heavy atom. The number of pyridine rings is 1. The van der Waals surface area contributed by atoms with Crippen molar-refractivity contribution < 1.29 is 14.2 Å². The van der Waals surface area contributed by atoms with Crippen molar-refractivity contribution in [1.82, 2.24) is 20.0 Å². The summed E-state index contributed by atoms with van der Waals surface area (Å²) in [5.74, 6) is 7.78. The minimum Gasteiger partial charge on any atom is -0.489 e. The van der Waals surface area contributed by atoms with E-state index in [1.807, 2.05) is 19.1 Å². The molecule has 10 heteroatoms. The molecule has 2 aromatic rings. The predicted molar refractivity (Wildman–Crippen MR) is 132 cm³/mol. The third kappa shape index (κ3) is 7.46. The maximum absolute atomic E-state index is 6.47. The van der Waals surface area contributed by atoms with Gasteiger partial charge < -0.3 is 30.3 Å². The molecule has 1 aliphatic rings. The molecule has 0 aromatic carbocycles. The van der Waals surface area contributed by atoms with Gasteiger partial charge in [-0.1, -0.05) is 6.42 Å². The lowest BCUT2D eigenvalue weighted by Gasteiger charge is -2.24. The molecule has 0 amide bonds. The first kappa shape index (κ1) is 25.5. The topological polar surface area (TPSA) is 134 Å². The van der Waals surface area contributed by atoms with E-state index in [4.69, 9.17) is 25.8 Å². The fraction of sp³-hybridized carbons (Fsp3) is 0.542. The molecule has 0 spiro atoms. The summed E-state index contributed by atoms with van der Waals surface area (Å²) >= 11 is 0. The lowest BCUT2D eigenvalue weighted by molar-refractivity contribution is 0.153. The summed E-state index contributed by atoms with van der Waals surface area (Å²) < 4.78 is 16.8. The first-order valence-electron chi connectivity index (χ1n) is 11.8. The number of rotatable bonds is 12. The average molecular weight is 472 g/mol. The number of nitrogens with zero attached hydrogens (tertiary/aromatic N) is 4. The highest BCUT2D eigenvalue weighted by Gasteiger charge is 2.17.